The maximum absolute atomic E-state index is 3.83. The molecule has 2 aliphatic rings. The zero-order chi connectivity index (χ0) is 15.9. The SMILES string of the molecule is CC(CNC1CCC(C2=CCCC=C2)CC1)Cc1ccccc1. The van der Waals surface area contributed by atoms with Crippen LogP contribution in [0.3, 0.4) is 0 Å². The van der Waals surface area contributed by atoms with Crippen molar-refractivity contribution in [2.45, 2.75) is 57.9 Å². The second-order valence-corrected chi connectivity index (χ2v) is 7.44. The first-order chi connectivity index (χ1) is 11.3. The topological polar surface area (TPSA) is 12.0 Å². The molecule has 1 saturated carbocycles. The van der Waals surface area contributed by atoms with Gasteiger partial charge in [0.2, 0.25) is 0 Å². The van der Waals surface area contributed by atoms with E-state index in [1.165, 1.54) is 50.5 Å². The van der Waals surface area contributed by atoms with Gasteiger partial charge >= 0.3 is 0 Å². The van der Waals surface area contributed by atoms with Gasteiger partial charge in [-0.2, -0.15) is 0 Å². The molecule has 3 rings (SSSR count). The highest BCUT2D eigenvalue weighted by Crippen LogP contribution is 2.32. The Hall–Kier alpha value is -1.34. The van der Waals surface area contributed by atoms with E-state index in [9.17, 15) is 0 Å². The maximum Gasteiger partial charge on any atom is 0.00676 e. The molecule has 0 aliphatic heterocycles. The van der Waals surface area contributed by atoms with Crippen molar-refractivity contribution >= 4 is 0 Å². The standard InChI is InChI=1S/C22H31N/c1-18(16-19-8-4-2-5-9-19)17-23-22-14-12-21(13-15-22)20-10-6-3-7-11-20/h2,4-6,8-11,18,21-23H,3,7,12-17H2,1H3. The molecule has 1 aromatic rings. The summed E-state index contributed by atoms with van der Waals surface area (Å²) in [7, 11) is 0. The van der Waals surface area contributed by atoms with Crippen LogP contribution in [0.2, 0.25) is 0 Å². The third-order valence-corrected chi connectivity index (χ3v) is 5.40. The molecule has 1 unspecified atom stereocenters. The lowest BCUT2D eigenvalue weighted by Gasteiger charge is -2.31. The molecule has 0 heterocycles. The number of hydrogen-bond acceptors (Lipinski definition) is 1. The highest BCUT2D eigenvalue weighted by atomic mass is 14.9. The summed E-state index contributed by atoms with van der Waals surface area (Å²) >= 11 is 0. The van der Waals surface area contributed by atoms with E-state index in [1.807, 2.05) is 0 Å². The third-order valence-electron chi connectivity index (χ3n) is 5.40. The Kier molecular flexibility index (Phi) is 6.10. The van der Waals surface area contributed by atoms with Gasteiger partial charge in [0.05, 0.1) is 0 Å². The van der Waals surface area contributed by atoms with E-state index < -0.39 is 0 Å². The minimum absolute atomic E-state index is 0.708. The summed E-state index contributed by atoms with van der Waals surface area (Å²) in [5.41, 5.74) is 3.08. The summed E-state index contributed by atoms with van der Waals surface area (Å²) in [6.07, 6.45) is 16.3. The van der Waals surface area contributed by atoms with Gasteiger partial charge in [0.25, 0.3) is 0 Å². The fourth-order valence-electron chi connectivity index (χ4n) is 4.02. The summed E-state index contributed by atoms with van der Waals surface area (Å²) in [5.74, 6) is 1.53. The summed E-state index contributed by atoms with van der Waals surface area (Å²) in [6, 6.07) is 11.6. The van der Waals surface area contributed by atoms with E-state index in [0.29, 0.717) is 5.92 Å². The van der Waals surface area contributed by atoms with Crippen LogP contribution in [0.25, 0.3) is 0 Å². The van der Waals surface area contributed by atoms with Gasteiger partial charge in [-0.25, -0.2) is 0 Å². The lowest BCUT2D eigenvalue weighted by molar-refractivity contribution is 0.309. The lowest BCUT2D eigenvalue weighted by atomic mass is 9.80. The normalized spacial score (nSPS) is 25.9. The average molecular weight is 309 g/mol. The van der Waals surface area contributed by atoms with Gasteiger partial charge in [-0.05, 0) is 74.5 Å². The molecule has 0 amide bonds. The van der Waals surface area contributed by atoms with Crippen LogP contribution < -0.4 is 5.32 Å². The van der Waals surface area contributed by atoms with Crippen molar-refractivity contribution in [3.05, 3.63) is 59.7 Å². The number of nitrogens with one attached hydrogen (secondary N) is 1. The van der Waals surface area contributed by atoms with E-state index in [1.54, 1.807) is 5.57 Å². The average Bonchev–Trinajstić information content (AvgIpc) is 2.62. The molecule has 0 radical (unpaired) electrons. The van der Waals surface area contributed by atoms with Crippen molar-refractivity contribution in [2.24, 2.45) is 11.8 Å². The van der Waals surface area contributed by atoms with Crippen molar-refractivity contribution in [3.8, 4) is 0 Å². The van der Waals surface area contributed by atoms with Gasteiger partial charge in [-0.3, -0.25) is 0 Å². The lowest BCUT2D eigenvalue weighted by Crippen LogP contribution is -2.36. The van der Waals surface area contributed by atoms with Crippen molar-refractivity contribution in [2.75, 3.05) is 6.54 Å². The molecule has 1 atom stereocenters. The summed E-state index contributed by atoms with van der Waals surface area (Å²) < 4.78 is 0. The molecule has 23 heavy (non-hydrogen) atoms. The quantitative estimate of drug-likeness (QED) is 0.753. The fourth-order valence-corrected chi connectivity index (χ4v) is 4.02. The van der Waals surface area contributed by atoms with E-state index in [4.69, 9.17) is 0 Å². The molecule has 124 valence electrons. The first-order valence-corrected chi connectivity index (χ1v) is 9.45. The number of allylic oxidation sites excluding steroid dienone is 4. The van der Waals surface area contributed by atoms with Crippen molar-refractivity contribution in [1.29, 1.82) is 0 Å². The second-order valence-electron chi connectivity index (χ2n) is 7.44. The Balaban J connectivity index is 1.37. The highest BCUT2D eigenvalue weighted by molar-refractivity contribution is 5.25. The van der Waals surface area contributed by atoms with Crippen LogP contribution in [0.5, 0.6) is 0 Å². The van der Waals surface area contributed by atoms with Crippen LogP contribution in [0.1, 0.15) is 51.0 Å². The Bertz CT molecular complexity index is 520. The van der Waals surface area contributed by atoms with Gasteiger partial charge in [-0.15, -0.1) is 0 Å². The molecule has 1 aromatic carbocycles. The van der Waals surface area contributed by atoms with Crippen LogP contribution in [0.4, 0.5) is 0 Å². The number of benzene rings is 1. The maximum atomic E-state index is 3.83. The second kappa shape index (κ2) is 8.49. The molecular formula is C22H31N. The first kappa shape index (κ1) is 16.5. The van der Waals surface area contributed by atoms with Crippen molar-refractivity contribution in [3.63, 3.8) is 0 Å². The van der Waals surface area contributed by atoms with E-state index in [0.717, 1.165) is 18.5 Å². The van der Waals surface area contributed by atoms with Crippen LogP contribution in [-0.4, -0.2) is 12.6 Å². The molecule has 0 bridgehead atoms. The van der Waals surface area contributed by atoms with Crippen molar-refractivity contribution < 1.29 is 0 Å². The van der Waals surface area contributed by atoms with Crippen LogP contribution in [0, 0.1) is 11.8 Å². The van der Waals surface area contributed by atoms with Gasteiger partial charge in [0.1, 0.15) is 0 Å². The summed E-state index contributed by atoms with van der Waals surface area (Å²) in [5, 5.41) is 3.83. The summed E-state index contributed by atoms with van der Waals surface area (Å²) in [6.45, 7) is 3.51. The minimum Gasteiger partial charge on any atom is -0.314 e. The first-order valence-electron chi connectivity index (χ1n) is 9.45. The largest absolute Gasteiger partial charge is 0.314 e. The summed E-state index contributed by atoms with van der Waals surface area (Å²) in [4.78, 5) is 0. The monoisotopic (exact) mass is 309 g/mol. The predicted molar refractivity (Wildman–Crippen MR) is 99.5 cm³/mol. The van der Waals surface area contributed by atoms with Crippen molar-refractivity contribution in [1.82, 2.24) is 5.32 Å². The molecule has 0 spiro atoms. The van der Waals surface area contributed by atoms with Crippen LogP contribution in [-0.2, 0) is 6.42 Å². The molecule has 1 fully saturated rings. The van der Waals surface area contributed by atoms with Gasteiger partial charge in [0.15, 0.2) is 0 Å². The zero-order valence-corrected chi connectivity index (χ0v) is 14.5. The van der Waals surface area contributed by atoms with E-state index in [-0.39, 0.29) is 0 Å². The zero-order valence-electron chi connectivity index (χ0n) is 14.5. The van der Waals surface area contributed by atoms with Crippen LogP contribution in [0.15, 0.2) is 54.1 Å². The van der Waals surface area contributed by atoms with E-state index in [2.05, 4.69) is 60.8 Å². The Morgan fingerprint density at radius 1 is 1.04 bits per heavy atom. The predicted octanol–water partition coefficient (Wildman–Crippen LogP) is 5.29. The van der Waals surface area contributed by atoms with Gasteiger partial charge in [-0.1, -0.05) is 55.5 Å². The molecule has 0 aromatic heterocycles. The fraction of sp³-hybridized carbons (Fsp3) is 0.545. The molecular weight excluding hydrogens is 278 g/mol. The Morgan fingerprint density at radius 2 is 1.83 bits per heavy atom. The molecule has 1 nitrogen and oxygen atoms in total. The molecule has 0 saturated heterocycles. The molecule has 1 heteroatoms. The molecule has 2 aliphatic carbocycles. The van der Waals surface area contributed by atoms with E-state index >= 15 is 0 Å². The number of rotatable bonds is 6. The highest BCUT2D eigenvalue weighted by Gasteiger charge is 2.23. The smallest absolute Gasteiger partial charge is 0.00676 e. The Morgan fingerprint density at radius 3 is 2.52 bits per heavy atom. The van der Waals surface area contributed by atoms with Gasteiger partial charge < -0.3 is 5.32 Å². The third kappa shape index (κ3) is 5.07. The number of hydrogen-bond donors (Lipinski definition) is 1. The molecule has 1 N–H and O–H groups in total. The minimum atomic E-state index is 0.708. The van der Waals surface area contributed by atoms with Crippen LogP contribution >= 0.6 is 0 Å². The Labute approximate surface area is 141 Å². The van der Waals surface area contributed by atoms with Gasteiger partial charge in [0, 0.05) is 6.04 Å².